The molecule has 1 unspecified atom stereocenters. The fourth-order valence-corrected chi connectivity index (χ4v) is 2.31. The number of nitrogens with one attached hydrogen (secondary N) is 2. The molecule has 0 aliphatic rings. The zero-order chi connectivity index (χ0) is 17.4. The van der Waals surface area contributed by atoms with Crippen molar-refractivity contribution >= 4 is 17.6 Å². The molecule has 2 amide bonds. The lowest BCUT2D eigenvalue weighted by Gasteiger charge is -2.15. The predicted molar refractivity (Wildman–Crippen MR) is 93.0 cm³/mol. The molecule has 0 saturated carbocycles. The lowest BCUT2D eigenvalue weighted by Crippen LogP contribution is -2.43. The van der Waals surface area contributed by atoms with E-state index in [1.807, 2.05) is 6.92 Å². The monoisotopic (exact) mass is 350 g/mol. The van der Waals surface area contributed by atoms with Crippen molar-refractivity contribution in [3.8, 4) is 5.75 Å². The average Bonchev–Trinajstić information content (AvgIpc) is 2.55. The highest BCUT2D eigenvalue weighted by Gasteiger charge is 2.10. The first-order chi connectivity index (χ1) is 11.5. The third kappa shape index (κ3) is 6.08. The summed E-state index contributed by atoms with van der Waals surface area (Å²) in [5, 5.41) is 6.12. The third-order valence-electron chi connectivity index (χ3n) is 3.33. The molecule has 1 atom stereocenters. The summed E-state index contributed by atoms with van der Waals surface area (Å²) in [6, 6.07) is 13.1. The zero-order valence-electron chi connectivity index (χ0n) is 13.4. The smallest absolute Gasteiger partial charge is 0.315 e. The van der Waals surface area contributed by atoms with E-state index < -0.39 is 0 Å². The molecule has 2 aromatic rings. The Morgan fingerprint density at radius 2 is 1.92 bits per heavy atom. The lowest BCUT2D eigenvalue weighted by atomic mass is 10.1. The van der Waals surface area contributed by atoms with Crippen molar-refractivity contribution in [3.05, 3.63) is 64.9 Å². The molecule has 0 aromatic heterocycles. The summed E-state index contributed by atoms with van der Waals surface area (Å²) in [6.07, 6.45) is 0.432. The van der Waals surface area contributed by atoms with Crippen LogP contribution in [0.25, 0.3) is 0 Å². The molecule has 128 valence electrons. The van der Waals surface area contributed by atoms with Gasteiger partial charge in [-0.1, -0.05) is 29.8 Å². The Bertz CT molecular complexity index is 664. The van der Waals surface area contributed by atoms with Gasteiger partial charge in [-0.15, -0.1) is 0 Å². The molecule has 24 heavy (non-hydrogen) atoms. The van der Waals surface area contributed by atoms with Gasteiger partial charge >= 0.3 is 6.03 Å². The Morgan fingerprint density at radius 1 is 1.21 bits per heavy atom. The second kappa shape index (κ2) is 9.13. The molecule has 2 aromatic carbocycles. The lowest BCUT2D eigenvalue weighted by molar-refractivity contribution is 0.233. The Hall–Kier alpha value is -2.27. The van der Waals surface area contributed by atoms with Crippen LogP contribution in [0.2, 0.25) is 5.02 Å². The summed E-state index contributed by atoms with van der Waals surface area (Å²) in [7, 11) is 0. The van der Waals surface area contributed by atoms with Crippen LogP contribution in [0.15, 0.2) is 48.5 Å². The standard InChI is InChI=1S/C18H20ClFN2O2/c1-13(12-14-4-2-3-5-17(14)20)22-18(23)21-10-11-24-16-8-6-15(19)7-9-16/h2-9,13H,10-12H2,1H3,(H2,21,22,23). The van der Waals surface area contributed by atoms with Crippen molar-refractivity contribution < 1.29 is 13.9 Å². The maximum atomic E-state index is 13.6. The summed E-state index contributed by atoms with van der Waals surface area (Å²) in [4.78, 5) is 11.8. The maximum Gasteiger partial charge on any atom is 0.315 e. The quantitative estimate of drug-likeness (QED) is 0.746. The van der Waals surface area contributed by atoms with Crippen molar-refractivity contribution in [1.82, 2.24) is 10.6 Å². The van der Waals surface area contributed by atoms with E-state index in [0.717, 1.165) is 0 Å². The van der Waals surface area contributed by atoms with E-state index in [2.05, 4.69) is 10.6 Å². The van der Waals surface area contributed by atoms with Crippen LogP contribution in [0.1, 0.15) is 12.5 Å². The molecule has 0 saturated heterocycles. The molecule has 0 radical (unpaired) electrons. The molecular weight excluding hydrogens is 331 g/mol. The van der Waals surface area contributed by atoms with Gasteiger partial charge in [0.25, 0.3) is 0 Å². The van der Waals surface area contributed by atoms with Gasteiger partial charge < -0.3 is 15.4 Å². The Kier molecular flexibility index (Phi) is 6.88. The molecule has 2 N–H and O–H groups in total. The van der Waals surface area contributed by atoms with Crippen molar-refractivity contribution in [3.63, 3.8) is 0 Å². The van der Waals surface area contributed by atoms with Gasteiger partial charge in [-0.3, -0.25) is 0 Å². The first kappa shape index (κ1) is 18.1. The van der Waals surface area contributed by atoms with Crippen LogP contribution in [0, 0.1) is 5.82 Å². The van der Waals surface area contributed by atoms with Gasteiger partial charge in [0.15, 0.2) is 0 Å². The normalized spacial score (nSPS) is 11.6. The molecule has 0 bridgehead atoms. The van der Waals surface area contributed by atoms with Gasteiger partial charge in [-0.2, -0.15) is 0 Å². The summed E-state index contributed by atoms with van der Waals surface area (Å²) in [5.41, 5.74) is 0.580. The highest BCUT2D eigenvalue weighted by molar-refractivity contribution is 6.30. The number of urea groups is 1. The first-order valence-corrected chi connectivity index (χ1v) is 8.08. The summed E-state index contributed by atoms with van der Waals surface area (Å²) in [6.45, 7) is 2.54. The minimum Gasteiger partial charge on any atom is -0.492 e. The van der Waals surface area contributed by atoms with E-state index in [1.165, 1.54) is 6.07 Å². The van der Waals surface area contributed by atoms with Crippen LogP contribution >= 0.6 is 11.6 Å². The largest absolute Gasteiger partial charge is 0.492 e. The van der Waals surface area contributed by atoms with Crippen LogP contribution in [-0.4, -0.2) is 25.2 Å². The van der Waals surface area contributed by atoms with E-state index in [0.29, 0.717) is 35.9 Å². The number of carbonyl (C=O) groups excluding carboxylic acids is 1. The first-order valence-electron chi connectivity index (χ1n) is 7.70. The fraction of sp³-hybridized carbons (Fsp3) is 0.278. The number of ether oxygens (including phenoxy) is 1. The number of hydrogen-bond acceptors (Lipinski definition) is 2. The minimum atomic E-state index is -0.307. The number of amides is 2. The van der Waals surface area contributed by atoms with Crippen LogP contribution < -0.4 is 15.4 Å². The van der Waals surface area contributed by atoms with E-state index in [-0.39, 0.29) is 17.9 Å². The third-order valence-corrected chi connectivity index (χ3v) is 3.58. The number of hydrogen-bond donors (Lipinski definition) is 2. The number of carbonyl (C=O) groups is 1. The molecule has 0 aliphatic carbocycles. The van der Waals surface area contributed by atoms with Gasteiger partial charge in [-0.05, 0) is 49.2 Å². The molecule has 0 fully saturated rings. The van der Waals surface area contributed by atoms with Gasteiger partial charge in [-0.25, -0.2) is 9.18 Å². The fourth-order valence-electron chi connectivity index (χ4n) is 2.18. The van der Waals surface area contributed by atoms with Crippen molar-refractivity contribution in [2.45, 2.75) is 19.4 Å². The van der Waals surface area contributed by atoms with Gasteiger partial charge in [0.05, 0.1) is 6.54 Å². The molecule has 0 heterocycles. The second-order valence-electron chi connectivity index (χ2n) is 5.40. The molecule has 2 rings (SSSR count). The van der Waals surface area contributed by atoms with Crippen molar-refractivity contribution in [2.75, 3.05) is 13.2 Å². The Labute approximate surface area is 146 Å². The number of benzene rings is 2. The van der Waals surface area contributed by atoms with E-state index in [9.17, 15) is 9.18 Å². The SMILES string of the molecule is CC(Cc1ccccc1F)NC(=O)NCCOc1ccc(Cl)cc1. The molecule has 0 aliphatic heterocycles. The van der Waals surface area contributed by atoms with E-state index in [4.69, 9.17) is 16.3 Å². The summed E-state index contributed by atoms with van der Waals surface area (Å²) < 4.78 is 19.0. The number of halogens is 2. The highest BCUT2D eigenvalue weighted by Crippen LogP contribution is 2.15. The zero-order valence-corrected chi connectivity index (χ0v) is 14.1. The molecule has 0 spiro atoms. The van der Waals surface area contributed by atoms with E-state index >= 15 is 0 Å². The predicted octanol–water partition coefficient (Wildman–Crippen LogP) is 3.79. The van der Waals surface area contributed by atoms with Crippen molar-refractivity contribution in [1.29, 1.82) is 0 Å². The summed E-state index contributed by atoms with van der Waals surface area (Å²) in [5.74, 6) is 0.428. The van der Waals surface area contributed by atoms with Gasteiger partial charge in [0.2, 0.25) is 0 Å². The van der Waals surface area contributed by atoms with Crippen LogP contribution in [0.3, 0.4) is 0 Å². The Morgan fingerprint density at radius 3 is 2.62 bits per heavy atom. The van der Waals surface area contributed by atoms with Gasteiger partial charge in [0, 0.05) is 11.1 Å². The minimum absolute atomic E-state index is 0.181. The summed E-state index contributed by atoms with van der Waals surface area (Å²) >= 11 is 5.79. The molecule has 4 nitrogen and oxygen atoms in total. The number of rotatable bonds is 7. The van der Waals surface area contributed by atoms with Gasteiger partial charge in [0.1, 0.15) is 18.2 Å². The molecule has 6 heteroatoms. The maximum absolute atomic E-state index is 13.6. The topological polar surface area (TPSA) is 50.4 Å². The van der Waals surface area contributed by atoms with E-state index in [1.54, 1.807) is 42.5 Å². The van der Waals surface area contributed by atoms with Crippen LogP contribution in [0.4, 0.5) is 9.18 Å². The van der Waals surface area contributed by atoms with Crippen LogP contribution in [0.5, 0.6) is 5.75 Å². The Balaban J connectivity index is 1.65. The highest BCUT2D eigenvalue weighted by atomic mass is 35.5. The van der Waals surface area contributed by atoms with Crippen molar-refractivity contribution in [2.24, 2.45) is 0 Å². The average molecular weight is 351 g/mol. The van der Waals surface area contributed by atoms with Crippen LogP contribution in [-0.2, 0) is 6.42 Å². The second-order valence-corrected chi connectivity index (χ2v) is 5.84. The molecular formula is C18H20ClFN2O2.